The number of benzene rings is 1. The van der Waals surface area contributed by atoms with E-state index in [1.54, 1.807) is 36.4 Å². The molecule has 0 spiro atoms. The van der Waals surface area contributed by atoms with E-state index in [1.807, 2.05) is 25.2 Å². The predicted molar refractivity (Wildman–Crippen MR) is 82.7 cm³/mol. The van der Waals surface area contributed by atoms with E-state index in [0.717, 1.165) is 12.0 Å². The molecule has 3 nitrogen and oxygen atoms in total. The molecule has 1 aliphatic rings. The minimum Gasteiger partial charge on any atom is -0.479 e. The van der Waals surface area contributed by atoms with Crippen LogP contribution in [0, 0.1) is 5.92 Å². The van der Waals surface area contributed by atoms with Crippen LogP contribution in [0.2, 0.25) is 0 Å². The molecule has 110 valence electrons. The average Bonchev–Trinajstić information content (AvgIpc) is 2.68. The summed E-state index contributed by atoms with van der Waals surface area (Å²) in [6.07, 6.45) is 8.13. The number of carboxylic acids is 1. The molecular weight excluding hydrogens is 264 g/mol. The van der Waals surface area contributed by atoms with Crippen LogP contribution < -0.4 is 0 Å². The Morgan fingerprint density at radius 1 is 1.29 bits per heavy atom. The number of carboxylic acid groups (broad SMARTS) is 1. The van der Waals surface area contributed by atoms with Crippen LogP contribution >= 0.6 is 0 Å². The molecule has 1 aromatic rings. The zero-order chi connectivity index (χ0) is 15.5. The molecule has 0 bridgehead atoms. The lowest BCUT2D eigenvalue weighted by Crippen LogP contribution is -2.37. The van der Waals surface area contributed by atoms with Crippen molar-refractivity contribution in [1.82, 2.24) is 0 Å². The molecular formula is C18H20O3. The Hall–Kier alpha value is -2.13. The Labute approximate surface area is 124 Å². The Morgan fingerprint density at radius 3 is 2.52 bits per heavy atom. The molecule has 2 atom stereocenters. The third kappa shape index (κ3) is 2.83. The normalized spacial score (nSPS) is 21.0. The van der Waals surface area contributed by atoms with E-state index in [4.69, 9.17) is 0 Å². The average molecular weight is 284 g/mol. The van der Waals surface area contributed by atoms with Crippen molar-refractivity contribution in [3.8, 4) is 0 Å². The maximum absolute atomic E-state index is 11.8. The van der Waals surface area contributed by atoms with Gasteiger partial charge in [-0.1, -0.05) is 74.1 Å². The number of aliphatic hydroxyl groups is 1. The summed E-state index contributed by atoms with van der Waals surface area (Å²) in [6.45, 7) is 4.09. The molecule has 3 heteroatoms. The van der Waals surface area contributed by atoms with Crippen LogP contribution in [0.15, 0.2) is 65.8 Å². The highest BCUT2D eigenvalue weighted by Gasteiger charge is 2.41. The molecule has 21 heavy (non-hydrogen) atoms. The fourth-order valence-electron chi connectivity index (χ4n) is 2.57. The summed E-state index contributed by atoms with van der Waals surface area (Å²) in [6, 6.07) is 8.51. The summed E-state index contributed by atoms with van der Waals surface area (Å²) in [7, 11) is 0. The van der Waals surface area contributed by atoms with Gasteiger partial charge in [0.05, 0.1) is 0 Å². The van der Waals surface area contributed by atoms with Crippen LogP contribution in [0.4, 0.5) is 0 Å². The van der Waals surface area contributed by atoms with E-state index in [9.17, 15) is 15.0 Å². The summed E-state index contributed by atoms with van der Waals surface area (Å²) < 4.78 is 0. The third-order valence-electron chi connectivity index (χ3n) is 3.93. The zero-order valence-corrected chi connectivity index (χ0v) is 12.3. The predicted octanol–water partition coefficient (Wildman–Crippen LogP) is 3.43. The number of hydrogen-bond acceptors (Lipinski definition) is 2. The van der Waals surface area contributed by atoms with Crippen molar-refractivity contribution in [3.05, 3.63) is 71.3 Å². The molecule has 0 aliphatic heterocycles. The molecule has 0 saturated carbocycles. The van der Waals surface area contributed by atoms with Gasteiger partial charge in [-0.3, -0.25) is 0 Å². The summed E-state index contributed by atoms with van der Waals surface area (Å²) in [4.78, 5) is 11.8. The summed E-state index contributed by atoms with van der Waals surface area (Å²) >= 11 is 0. The molecule has 0 heterocycles. The van der Waals surface area contributed by atoms with Crippen molar-refractivity contribution in [1.29, 1.82) is 0 Å². The number of hydrogen-bond donors (Lipinski definition) is 2. The second-order valence-electron chi connectivity index (χ2n) is 5.25. The second kappa shape index (κ2) is 6.10. The smallest absolute Gasteiger partial charge is 0.345 e. The summed E-state index contributed by atoms with van der Waals surface area (Å²) in [5, 5.41) is 20.5. The largest absolute Gasteiger partial charge is 0.479 e. The van der Waals surface area contributed by atoms with Crippen LogP contribution in [0.3, 0.4) is 0 Å². The van der Waals surface area contributed by atoms with Gasteiger partial charge in [0, 0.05) is 0 Å². The SMILES string of the molecule is CCC1=CC(C(O)(C(=O)O)c2ccccc2)=CC=CC1C. The first kappa shape index (κ1) is 15.3. The van der Waals surface area contributed by atoms with Crippen LogP contribution in [0.5, 0.6) is 0 Å². The fourth-order valence-corrected chi connectivity index (χ4v) is 2.57. The highest BCUT2D eigenvalue weighted by molar-refractivity contribution is 5.84. The molecule has 0 amide bonds. The van der Waals surface area contributed by atoms with Crippen molar-refractivity contribution in [3.63, 3.8) is 0 Å². The molecule has 0 saturated heterocycles. The first-order valence-electron chi connectivity index (χ1n) is 7.10. The zero-order valence-electron chi connectivity index (χ0n) is 12.3. The van der Waals surface area contributed by atoms with Gasteiger partial charge in [0.2, 0.25) is 5.60 Å². The van der Waals surface area contributed by atoms with E-state index >= 15 is 0 Å². The van der Waals surface area contributed by atoms with Gasteiger partial charge in [-0.05, 0) is 23.5 Å². The Morgan fingerprint density at radius 2 is 1.95 bits per heavy atom. The van der Waals surface area contributed by atoms with Crippen molar-refractivity contribution in [2.24, 2.45) is 5.92 Å². The third-order valence-corrected chi connectivity index (χ3v) is 3.93. The van der Waals surface area contributed by atoms with Crippen molar-refractivity contribution in [2.75, 3.05) is 0 Å². The van der Waals surface area contributed by atoms with Gasteiger partial charge in [-0.15, -0.1) is 0 Å². The van der Waals surface area contributed by atoms with E-state index in [2.05, 4.69) is 6.92 Å². The van der Waals surface area contributed by atoms with E-state index in [1.165, 1.54) is 0 Å². The van der Waals surface area contributed by atoms with Gasteiger partial charge in [0.25, 0.3) is 0 Å². The second-order valence-corrected chi connectivity index (χ2v) is 5.25. The summed E-state index contributed by atoms with van der Waals surface area (Å²) in [5.74, 6) is -1.04. The number of aliphatic carboxylic acids is 1. The minimum absolute atomic E-state index is 0.234. The van der Waals surface area contributed by atoms with E-state index in [-0.39, 0.29) is 5.92 Å². The topological polar surface area (TPSA) is 57.5 Å². The van der Waals surface area contributed by atoms with Crippen LogP contribution in [0.1, 0.15) is 25.8 Å². The Bertz CT molecular complexity index is 611. The minimum atomic E-state index is -2.03. The van der Waals surface area contributed by atoms with Crippen LogP contribution in [-0.4, -0.2) is 16.2 Å². The quantitative estimate of drug-likeness (QED) is 0.890. The molecule has 0 radical (unpaired) electrons. The maximum atomic E-state index is 11.8. The van der Waals surface area contributed by atoms with Gasteiger partial charge in [0.1, 0.15) is 0 Å². The van der Waals surface area contributed by atoms with Crippen LogP contribution in [0.25, 0.3) is 0 Å². The van der Waals surface area contributed by atoms with Crippen molar-refractivity contribution < 1.29 is 15.0 Å². The van der Waals surface area contributed by atoms with E-state index < -0.39 is 11.6 Å². The Balaban J connectivity index is 2.58. The lowest BCUT2D eigenvalue weighted by molar-refractivity contribution is -0.155. The molecule has 1 aromatic carbocycles. The van der Waals surface area contributed by atoms with Crippen LogP contribution in [-0.2, 0) is 10.4 Å². The fraction of sp³-hybridized carbons (Fsp3) is 0.278. The summed E-state index contributed by atoms with van der Waals surface area (Å²) in [5.41, 5.74) is -0.182. The highest BCUT2D eigenvalue weighted by Crippen LogP contribution is 2.34. The number of carbonyl (C=O) groups is 1. The lowest BCUT2D eigenvalue weighted by atomic mass is 9.84. The van der Waals surface area contributed by atoms with Gasteiger partial charge < -0.3 is 10.2 Å². The van der Waals surface area contributed by atoms with Gasteiger partial charge in [0.15, 0.2) is 0 Å². The maximum Gasteiger partial charge on any atom is 0.345 e. The molecule has 2 rings (SSSR count). The lowest BCUT2D eigenvalue weighted by Gasteiger charge is -2.26. The molecule has 1 aliphatic carbocycles. The van der Waals surface area contributed by atoms with Crippen molar-refractivity contribution >= 4 is 5.97 Å². The standard InChI is InChI=1S/C18H20O3/c1-3-14-12-16(11-7-8-13(14)2)18(21,17(19)20)15-9-5-4-6-10-15/h4-13,21H,3H2,1-2H3,(H,19,20). The number of rotatable bonds is 4. The Kier molecular flexibility index (Phi) is 4.43. The molecule has 0 fully saturated rings. The van der Waals surface area contributed by atoms with Gasteiger partial charge in [-0.2, -0.15) is 0 Å². The molecule has 0 aromatic heterocycles. The van der Waals surface area contributed by atoms with E-state index in [0.29, 0.717) is 11.1 Å². The molecule has 2 N–H and O–H groups in total. The van der Waals surface area contributed by atoms with Crippen molar-refractivity contribution in [2.45, 2.75) is 25.9 Å². The number of allylic oxidation sites excluding steroid dienone is 4. The monoisotopic (exact) mass is 284 g/mol. The van der Waals surface area contributed by atoms with Gasteiger partial charge in [-0.25, -0.2) is 4.79 Å². The first-order valence-corrected chi connectivity index (χ1v) is 7.10. The van der Waals surface area contributed by atoms with Gasteiger partial charge >= 0.3 is 5.97 Å². The first-order chi connectivity index (χ1) is 10.00. The molecule has 2 unspecified atom stereocenters. The highest BCUT2D eigenvalue weighted by atomic mass is 16.4.